The van der Waals surface area contributed by atoms with Gasteiger partial charge in [0.15, 0.2) is 0 Å². The number of hydrogen-bond acceptors (Lipinski definition) is 3. The van der Waals surface area contributed by atoms with Crippen molar-refractivity contribution in [3.63, 3.8) is 0 Å². The summed E-state index contributed by atoms with van der Waals surface area (Å²) in [5.74, 6) is -3.23. The fraction of sp³-hybridized carbons (Fsp3) is 0.273. The molecule has 20 heavy (non-hydrogen) atoms. The molecule has 2 N–H and O–H groups in total. The molecule has 0 heterocycles. The molecule has 0 aliphatic rings. The van der Waals surface area contributed by atoms with Crippen LogP contribution in [-0.2, 0) is 26.6 Å². The maximum atomic E-state index is 12.3. The molecule has 1 aromatic carbocycles. The van der Waals surface area contributed by atoms with Gasteiger partial charge in [-0.15, -0.1) is 0 Å². The SMILES string of the molecule is O=C(O)C[S@@](=O)CC(=O)Nc1ccc(C(F)(F)F)cc1. The number of carbonyl (C=O) groups is 2. The van der Waals surface area contributed by atoms with Gasteiger partial charge in [0.1, 0.15) is 11.5 Å². The number of nitrogens with one attached hydrogen (secondary N) is 1. The number of carboxylic acids is 1. The van der Waals surface area contributed by atoms with E-state index in [-0.39, 0.29) is 5.69 Å². The highest BCUT2D eigenvalue weighted by Gasteiger charge is 2.29. The van der Waals surface area contributed by atoms with Crippen molar-refractivity contribution in [2.24, 2.45) is 0 Å². The zero-order valence-electron chi connectivity index (χ0n) is 9.94. The Bertz CT molecular complexity index is 527. The topological polar surface area (TPSA) is 83.5 Å². The minimum Gasteiger partial charge on any atom is -0.481 e. The predicted octanol–water partition coefficient (Wildman–Crippen LogP) is 1.48. The van der Waals surface area contributed by atoms with E-state index in [4.69, 9.17) is 5.11 Å². The minimum absolute atomic E-state index is 0.107. The summed E-state index contributed by atoms with van der Waals surface area (Å²) in [6, 6.07) is 3.70. The van der Waals surface area contributed by atoms with E-state index in [1.807, 2.05) is 0 Å². The molecule has 0 spiro atoms. The smallest absolute Gasteiger partial charge is 0.416 e. The lowest BCUT2D eigenvalue weighted by Crippen LogP contribution is -2.23. The van der Waals surface area contributed by atoms with E-state index in [1.165, 1.54) is 0 Å². The average molecular weight is 309 g/mol. The lowest BCUT2D eigenvalue weighted by molar-refractivity contribution is -0.137. The molecule has 0 aliphatic carbocycles. The Kier molecular flexibility index (Phi) is 5.26. The molecule has 0 aliphatic heterocycles. The van der Waals surface area contributed by atoms with Gasteiger partial charge in [-0.3, -0.25) is 13.8 Å². The Morgan fingerprint density at radius 3 is 2.15 bits per heavy atom. The van der Waals surface area contributed by atoms with Gasteiger partial charge in [-0.25, -0.2) is 0 Å². The summed E-state index contributed by atoms with van der Waals surface area (Å²) in [5, 5.41) is 10.6. The average Bonchev–Trinajstić information content (AvgIpc) is 2.26. The quantitative estimate of drug-likeness (QED) is 0.863. The third-order valence-electron chi connectivity index (χ3n) is 2.07. The molecule has 0 saturated heterocycles. The van der Waals surface area contributed by atoms with Crippen molar-refractivity contribution in [1.29, 1.82) is 0 Å². The fourth-order valence-corrected chi connectivity index (χ4v) is 2.02. The third-order valence-corrected chi connectivity index (χ3v) is 3.23. The summed E-state index contributed by atoms with van der Waals surface area (Å²) in [6.45, 7) is 0. The summed E-state index contributed by atoms with van der Waals surface area (Å²) >= 11 is 0. The van der Waals surface area contributed by atoms with Gasteiger partial charge >= 0.3 is 12.1 Å². The molecule has 0 saturated carbocycles. The number of halogens is 3. The highest BCUT2D eigenvalue weighted by atomic mass is 32.2. The molecular weight excluding hydrogens is 299 g/mol. The zero-order valence-corrected chi connectivity index (χ0v) is 10.8. The van der Waals surface area contributed by atoms with Crippen LogP contribution >= 0.6 is 0 Å². The Labute approximate surface area is 114 Å². The van der Waals surface area contributed by atoms with Crippen LogP contribution in [0, 0.1) is 0 Å². The molecule has 0 bridgehead atoms. The molecule has 0 aromatic heterocycles. The summed E-state index contributed by atoms with van der Waals surface area (Å²) in [5.41, 5.74) is -0.750. The van der Waals surface area contributed by atoms with E-state index < -0.39 is 45.9 Å². The first-order chi connectivity index (χ1) is 9.18. The van der Waals surface area contributed by atoms with Crippen LogP contribution in [0.1, 0.15) is 5.56 Å². The van der Waals surface area contributed by atoms with Crippen LogP contribution in [0.4, 0.5) is 18.9 Å². The van der Waals surface area contributed by atoms with Gasteiger partial charge in [0.05, 0.1) is 5.56 Å². The van der Waals surface area contributed by atoms with Crippen LogP contribution in [0.3, 0.4) is 0 Å². The van der Waals surface area contributed by atoms with Crippen molar-refractivity contribution in [2.45, 2.75) is 6.18 Å². The summed E-state index contributed by atoms with van der Waals surface area (Å²) in [6.07, 6.45) is -4.47. The van der Waals surface area contributed by atoms with Gasteiger partial charge in [-0.05, 0) is 24.3 Å². The zero-order chi connectivity index (χ0) is 15.3. The molecule has 0 unspecified atom stereocenters. The molecule has 1 rings (SSSR count). The molecule has 1 aromatic rings. The molecule has 1 atom stereocenters. The third kappa shape index (κ3) is 5.39. The summed E-state index contributed by atoms with van der Waals surface area (Å²) in [7, 11) is -1.86. The van der Waals surface area contributed by atoms with Crippen molar-refractivity contribution >= 4 is 28.4 Å². The molecule has 0 radical (unpaired) electrons. The number of anilines is 1. The van der Waals surface area contributed by atoms with Crippen molar-refractivity contribution in [1.82, 2.24) is 0 Å². The number of benzene rings is 1. The van der Waals surface area contributed by atoms with E-state index in [1.54, 1.807) is 0 Å². The number of amides is 1. The van der Waals surface area contributed by atoms with E-state index in [9.17, 15) is 27.0 Å². The maximum absolute atomic E-state index is 12.3. The lowest BCUT2D eigenvalue weighted by Gasteiger charge is -2.08. The van der Waals surface area contributed by atoms with Crippen LogP contribution in [0.15, 0.2) is 24.3 Å². The second-order valence-corrected chi connectivity index (χ2v) is 5.20. The Morgan fingerprint density at radius 1 is 1.15 bits per heavy atom. The van der Waals surface area contributed by atoms with Gasteiger partial charge in [0.25, 0.3) is 0 Å². The Morgan fingerprint density at radius 2 is 1.70 bits per heavy atom. The van der Waals surface area contributed by atoms with Crippen molar-refractivity contribution < 1.29 is 32.1 Å². The van der Waals surface area contributed by atoms with Crippen LogP contribution in [0.25, 0.3) is 0 Å². The molecule has 5 nitrogen and oxygen atoms in total. The molecule has 1 amide bonds. The number of carboxylic acid groups (broad SMARTS) is 1. The Balaban J connectivity index is 2.59. The number of hydrogen-bond donors (Lipinski definition) is 2. The highest BCUT2D eigenvalue weighted by molar-refractivity contribution is 7.86. The largest absolute Gasteiger partial charge is 0.481 e. The summed E-state index contributed by atoms with van der Waals surface area (Å²) < 4.78 is 48.0. The van der Waals surface area contributed by atoms with Crippen LogP contribution < -0.4 is 5.32 Å². The van der Waals surface area contributed by atoms with Gasteiger partial charge in [0.2, 0.25) is 5.91 Å². The van der Waals surface area contributed by atoms with Crippen molar-refractivity contribution in [3.8, 4) is 0 Å². The van der Waals surface area contributed by atoms with Crippen LogP contribution in [-0.4, -0.2) is 32.7 Å². The Hall–Kier alpha value is -1.90. The number of rotatable bonds is 5. The first kappa shape index (κ1) is 16.2. The normalized spacial score (nSPS) is 12.8. The fourth-order valence-electron chi connectivity index (χ4n) is 1.27. The maximum Gasteiger partial charge on any atom is 0.416 e. The minimum atomic E-state index is -4.47. The monoisotopic (exact) mass is 309 g/mol. The molecule has 0 fully saturated rings. The second-order valence-electron chi connectivity index (χ2n) is 3.75. The van der Waals surface area contributed by atoms with E-state index in [0.29, 0.717) is 0 Å². The summed E-state index contributed by atoms with van der Waals surface area (Å²) in [4.78, 5) is 21.6. The lowest BCUT2D eigenvalue weighted by atomic mass is 10.2. The number of carbonyl (C=O) groups excluding carboxylic acids is 1. The highest BCUT2D eigenvalue weighted by Crippen LogP contribution is 2.29. The molecule has 9 heteroatoms. The second kappa shape index (κ2) is 6.51. The number of aliphatic carboxylic acids is 1. The van der Waals surface area contributed by atoms with E-state index >= 15 is 0 Å². The number of alkyl halides is 3. The standard InChI is InChI=1S/C11H10F3NO4S/c12-11(13,14)7-1-3-8(4-2-7)15-9(16)5-20(19)6-10(17)18/h1-4H,5-6H2,(H,15,16)(H,17,18)/t20-/m0/s1. The van der Waals surface area contributed by atoms with Crippen molar-refractivity contribution in [2.75, 3.05) is 16.8 Å². The van der Waals surface area contributed by atoms with E-state index in [0.717, 1.165) is 24.3 Å². The predicted molar refractivity (Wildman–Crippen MR) is 65.6 cm³/mol. The first-order valence-corrected chi connectivity index (χ1v) is 6.71. The van der Waals surface area contributed by atoms with Crippen LogP contribution in [0.5, 0.6) is 0 Å². The van der Waals surface area contributed by atoms with E-state index in [2.05, 4.69) is 5.32 Å². The van der Waals surface area contributed by atoms with Crippen LogP contribution in [0.2, 0.25) is 0 Å². The van der Waals surface area contributed by atoms with Gasteiger partial charge in [-0.2, -0.15) is 13.2 Å². The van der Waals surface area contributed by atoms with Crippen molar-refractivity contribution in [3.05, 3.63) is 29.8 Å². The first-order valence-electron chi connectivity index (χ1n) is 5.22. The van der Waals surface area contributed by atoms with Gasteiger partial charge in [0, 0.05) is 16.5 Å². The van der Waals surface area contributed by atoms with Gasteiger partial charge in [-0.1, -0.05) is 0 Å². The van der Waals surface area contributed by atoms with Gasteiger partial charge < -0.3 is 10.4 Å². The molecule has 110 valence electrons. The molecular formula is C11H10F3NO4S.